The minimum absolute atomic E-state index is 0.115. The van der Waals surface area contributed by atoms with E-state index < -0.39 is 17.8 Å². The first-order valence-corrected chi connectivity index (χ1v) is 10.3. The highest BCUT2D eigenvalue weighted by Gasteiger charge is 2.31. The molecule has 1 aliphatic heterocycles. The summed E-state index contributed by atoms with van der Waals surface area (Å²) in [6, 6.07) is 10.7. The normalized spacial score (nSPS) is 16.5. The molecular weight excluding hydrogens is 424 g/mol. The van der Waals surface area contributed by atoms with Crippen molar-refractivity contribution < 1.29 is 27.2 Å². The molecule has 2 aromatic carbocycles. The Bertz CT molecular complexity index is 961. The topological polar surface area (TPSA) is 41.9 Å². The van der Waals surface area contributed by atoms with E-state index in [1.54, 1.807) is 17.0 Å². The summed E-state index contributed by atoms with van der Waals surface area (Å²) < 4.78 is 51.7. The second kappa shape index (κ2) is 9.30. The average Bonchev–Trinajstić information content (AvgIpc) is 3.15. The molecular formula is C24H26F4N2O2. The number of carbonyl (C=O) groups excluding carboxylic acids is 1. The predicted molar refractivity (Wildman–Crippen MR) is 113 cm³/mol. The van der Waals surface area contributed by atoms with Gasteiger partial charge in [-0.3, -0.25) is 4.79 Å². The summed E-state index contributed by atoms with van der Waals surface area (Å²) in [4.78, 5) is 20.1. The monoisotopic (exact) mass is 450 g/mol. The molecule has 4 nitrogen and oxygen atoms in total. The van der Waals surface area contributed by atoms with Gasteiger partial charge in [-0.2, -0.15) is 13.2 Å². The lowest BCUT2D eigenvalue weighted by Crippen LogP contribution is -2.38. The van der Waals surface area contributed by atoms with Crippen molar-refractivity contribution in [3.8, 4) is 0 Å². The lowest BCUT2D eigenvalue weighted by molar-refractivity contribution is -0.138. The lowest BCUT2D eigenvalue weighted by Gasteiger charge is -2.28. The first kappa shape index (κ1) is 23.8. The maximum Gasteiger partial charge on any atom is 0.416 e. The van der Waals surface area contributed by atoms with E-state index in [4.69, 9.17) is 4.84 Å². The van der Waals surface area contributed by atoms with Gasteiger partial charge in [-0.15, -0.1) is 0 Å². The SMILES string of the molecule is CC(C)(C)CC(=O)N(Cc1ccc(C(F)(F)F)cc1)C[C@H]1CC(c2ccc(F)cc2)=NO1. The van der Waals surface area contributed by atoms with Crippen LogP contribution < -0.4 is 0 Å². The Balaban J connectivity index is 1.71. The molecule has 0 fully saturated rings. The van der Waals surface area contributed by atoms with Crippen molar-refractivity contribution in [2.24, 2.45) is 10.6 Å². The van der Waals surface area contributed by atoms with Gasteiger partial charge >= 0.3 is 6.18 Å². The molecule has 1 amide bonds. The summed E-state index contributed by atoms with van der Waals surface area (Å²) in [6.07, 6.45) is -4.08. The van der Waals surface area contributed by atoms with Crippen molar-refractivity contribution >= 4 is 11.6 Å². The summed E-state index contributed by atoms with van der Waals surface area (Å²) in [5.74, 6) is -0.462. The molecule has 1 atom stereocenters. The van der Waals surface area contributed by atoms with E-state index in [1.165, 1.54) is 24.3 Å². The maximum atomic E-state index is 13.2. The van der Waals surface area contributed by atoms with E-state index in [2.05, 4.69) is 5.16 Å². The Morgan fingerprint density at radius 3 is 2.25 bits per heavy atom. The molecule has 0 radical (unpaired) electrons. The van der Waals surface area contributed by atoms with E-state index in [9.17, 15) is 22.4 Å². The molecule has 0 N–H and O–H groups in total. The second-order valence-electron chi connectivity index (χ2n) is 9.18. The number of rotatable bonds is 6. The van der Waals surface area contributed by atoms with E-state index in [0.29, 0.717) is 17.7 Å². The molecule has 0 bridgehead atoms. The quantitative estimate of drug-likeness (QED) is 0.522. The van der Waals surface area contributed by atoms with Crippen LogP contribution in [0.3, 0.4) is 0 Å². The van der Waals surface area contributed by atoms with Gasteiger partial charge in [0.15, 0.2) is 6.10 Å². The first-order valence-electron chi connectivity index (χ1n) is 10.3. The van der Waals surface area contributed by atoms with E-state index in [0.717, 1.165) is 17.7 Å². The highest BCUT2D eigenvalue weighted by atomic mass is 19.4. The van der Waals surface area contributed by atoms with Crippen LogP contribution in [0.4, 0.5) is 17.6 Å². The van der Waals surface area contributed by atoms with Gasteiger partial charge in [0.1, 0.15) is 5.82 Å². The summed E-state index contributed by atoms with van der Waals surface area (Å²) in [7, 11) is 0. The predicted octanol–water partition coefficient (Wildman–Crippen LogP) is 5.80. The van der Waals surface area contributed by atoms with Crippen molar-refractivity contribution in [3.05, 3.63) is 71.0 Å². The van der Waals surface area contributed by atoms with Gasteiger partial charge in [0.05, 0.1) is 17.8 Å². The van der Waals surface area contributed by atoms with Gasteiger partial charge in [0.2, 0.25) is 5.91 Å². The van der Waals surface area contributed by atoms with Gasteiger partial charge in [0, 0.05) is 19.4 Å². The Hall–Kier alpha value is -2.90. The molecule has 0 aromatic heterocycles. The Morgan fingerprint density at radius 1 is 1.06 bits per heavy atom. The number of hydrogen-bond donors (Lipinski definition) is 0. The maximum absolute atomic E-state index is 13.2. The minimum atomic E-state index is -4.41. The standard InChI is InChI=1S/C24H26F4N2O2/c1-23(2,3)13-22(31)30(14-16-4-8-18(9-5-16)24(26,27)28)15-20-12-21(29-32-20)17-6-10-19(25)11-7-17/h4-11,20H,12-15H2,1-3H3/t20-/m1/s1. The van der Waals surface area contributed by atoms with E-state index in [-0.39, 0.29) is 36.6 Å². The van der Waals surface area contributed by atoms with Crippen molar-refractivity contribution in [3.63, 3.8) is 0 Å². The molecule has 8 heteroatoms. The Kier molecular flexibility index (Phi) is 6.91. The van der Waals surface area contributed by atoms with Crippen molar-refractivity contribution in [2.45, 2.75) is 52.4 Å². The Labute approximate surface area is 184 Å². The summed E-state index contributed by atoms with van der Waals surface area (Å²) >= 11 is 0. The zero-order valence-electron chi connectivity index (χ0n) is 18.2. The fourth-order valence-corrected chi connectivity index (χ4v) is 3.42. The number of benzene rings is 2. The van der Waals surface area contributed by atoms with E-state index >= 15 is 0 Å². The molecule has 0 spiro atoms. The third kappa shape index (κ3) is 6.55. The van der Waals surface area contributed by atoms with Gasteiger partial charge in [-0.25, -0.2) is 4.39 Å². The second-order valence-corrected chi connectivity index (χ2v) is 9.18. The minimum Gasteiger partial charge on any atom is -0.390 e. The van der Waals surface area contributed by atoms with Crippen LogP contribution in [-0.4, -0.2) is 29.2 Å². The number of alkyl halides is 3. The van der Waals surface area contributed by atoms with Gasteiger partial charge in [0.25, 0.3) is 0 Å². The highest BCUT2D eigenvalue weighted by Crippen LogP contribution is 2.29. The first-order chi connectivity index (χ1) is 14.9. The molecule has 0 saturated heterocycles. The molecule has 1 heterocycles. The molecule has 0 unspecified atom stereocenters. The molecule has 32 heavy (non-hydrogen) atoms. The highest BCUT2D eigenvalue weighted by molar-refractivity contribution is 6.01. The van der Waals surface area contributed by atoms with Crippen molar-refractivity contribution in [1.82, 2.24) is 4.90 Å². The number of oxime groups is 1. The number of carbonyl (C=O) groups is 1. The molecule has 3 rings (SSSR count). The van der Waals surface area contributed by atoms with E-state index in [1.807, 2.05) is 20.8 Å². The van der Waals surface area contributed by atoms with Crippen LogP contribution in [0.15, 0.2) is 53.7 Å². The summed E-state index contributed by atoms with van der Waals surface area (Å²) in [5, 5.41) is 4.08. The fourth-order valence-electron chi connectivity index (χ4n) is 3.42. The summed E-state index contributed by atoms with van der Waals surface area (Å²) in [5.41, 5.74) is 1.02. The van der Waals surface area contributed by atoms with Gasteiger partial charge in [-0.1, -0.05) is 50.2 Å². The molecule has 1 aliphatic rings. The number of amides is 1. The lowest BCUT2D eigenvalue weighted by atomic mass is 9.91. The fraction of sp³-hybridized carbons (Fsp3) is 0.417. The number of hydrogen-bond acceptors (Lipinski definition) is 3. The van der Waals surface area contributed by atoms with Crippen LogP contribution in [0.1, 0.15) is 50.3 Å². The molecule has 0 saturated carbocycles. The van der Waals surface area contributed by atoms with Gasteiger partial charge in [-0.05, 0) is 40.8 Å². The number of nitrogens with zero attached hydrogens (tertiary/aromatic N) is 2. The smallest absolute Gasteiger partial charge is 0.390 e. The third-order valence-corrected chi connectivity index (χ3v) is 5.02. The van der Waals surface area contributed by atoms with Gasteiger partial charge < -0.3 is 9.74 Å². The van der Waals surface area contributed by atoms with Crippen LogP contribution in [0, 0.1) is 11.2 Å². The third-order valence-electron chi connectivity index (χ3n) is 5.02. The molecule has 172 valence electrons. The van der Waals surface area contributed by atoms with Crippen molar-refractivity contribution in [1.29, 1.82) is 0 Å². The van der Waals surface area contributed by atoms with Crippen LogP contribution in [0.2, 0.25) is 0 Å². The molecule has 0 aliphatic carbocycles. The van der Waals surface area contributed by atoms with Crippen molar-refractivity contribution in [2.75, 3.05) is 6.54 Å². The van der Waals surface area contributed by atoms with Crippen LogP contribution in [0.25, 0.3) is 0 Å². The average molecular weight is 450 g/mol. The van der Waals surface area contributed by atoms with Crippen LogP contribution in [-0.2, 0) is 22.4 Å². The zero-order valence-corrected chi connectivity index (χ0v) is 18.2. The largest absolute Gasteiger partial charge is 0.416 e. The molecule has 2 aromatic rings. The number of halogens is 4. The van der Waals surface area contributed by atoms with Crippen LogP contribution >= 0.6 is 0 Å². The zero-order chi connectivity index (χ0) is 23.5. The Morgan fingerprint density at radius 2 is 1.69 bits per heavy atom. The summed E-state index contributed by atoms with van der Waals surface area (Å²) in [6.45, 7) is 6.25. The van der Waals surface area contributed by atoms with Crippen LogP contribution in [0.5, 0.6) is 0 Å².